The first-order valence-electron chi connectivity index (χ1n) is 3.86. The first kappa shape index (κ1) is 10.9. The predicted octanol–water partition coefficient (Wildman–Crippen LogP) is -1.28. The van der Waals surface area contributed by atoms with Gasteiger partial charge in [-0.2, -0.15) is 0 Å². The number of amides is 2. The molecule has 0 saturated carbocycles. The maximum atomic E-state index is 10.9. The Morgan fingerprint density at radius 2 is 2.08 bits per heavy atom. The van der Waals surface area contributed by atoms with E-state index in [1.165, 1.54) is 0 Å². The molecule has 0 aromatic rings. The Balaban J connectivity index is 3.61. The highest BCUT2D eigenvalue weighted by Gasteiger charge is 2.10. The lowest BCUT2D eigenvalue weighted by Gasteiger charge is -2.08. The summed E-state index contributed by atoms with van der Waals surface area (Å²) in [7, 11) is 0. The zero-order valence-corrected chi connectivity index (χ0v) is 7.17. The number of carbonyl (C=O) groups excluding carboxylic acids is 2. The van der Waals surface area contributed by atoms with Crippen LogP contribution in [0.15, 0.2) is 0 Å². The summed E-state index contributed by atoms with van der Waals surface area (Å²) in [6, 6.07) is -0.602. The summed E-state index contributed by atoms with van der Waals surface area (Å²) in [4.78, 5) is 21.4. The van der Waals surface area contributed by atoms with Gasteiger partial charge < -0.3 is 16.8 Å². The Kier molecular flexibility index (Phi) is 5.03. The van der Waals surface area contributed by atoms with Crippen LogP contribution >= 0.6 is 0 Å². The lowest BCUT2D eigenvalue weighted by molar-refractivity contribution is -0.127. The van der Waals surface area contributed by atoms with Crippen molar-refractivity contribution in [1.82, 2.24) is 5.32 Å². The summed E-state index contributed by atoms with van der Waals surface area (Å²) >= 11 is 0. The smallest absolute Gasteiger partial charge is 0.239 e. The zero-order valence-electron chi connectivity index (χ0n) is 7.17. The molecule has 0 bridgehead atoms. The van der Waals surface area contributed by atoms with Crippen molar-refractivity contribution in [2.24, 2.45) is 11.5 Å². The van der Waals surface area contributed by atoms with Crippen LogP contribution in [0.1, 0.15) is 19.8 Å². The maximum absolute atomic E-state index is 10.9. The van der Waals surface area contributed by atoms with E-state index in [1.807, 2.05) is 0 Å². The van der Waals surface area contributed by atoms with Gasteiger partial charge in [0, 0.05) is 6.42 Å². The number of hydrogen-bond donors (Lipinski definition) is 3. The van der Waals surface area contributed by atoms with Crippen molar-refractivity contribution in [2.45, 2.75) is 25.8 Å². The molecule has 5 N–H and O–H groups in total. The van der Waals surface area contributed by atoms with Crippen LogP contribution in [0.5, 0.6) is 0 Å². The highest BCUT2D eigenvalue weighted by molar-refractivity contribution is 5.86. The molecule has 2 amide bonds. The fraction of sp³-hybridized carbons (Fsp3) is 0.714. The van der Waals surface area contributed by atoms with Crippen molar-refractivity contribution < 1.29 is 9.59 Å². The molecule has 5 nitrogen and oxygen atoms in total. The summed E-state index contributed by atoms with van der Waals surface area (Å²) in [5.41, 5.74) is 10.1. The third-order valence-corrected chi connectivity index (χ3v) is 1.41. The van der Waals surface area contributed by atoms with Crippen LogP contribution in [0.3, 0.4) is 0 Å². The number of carbonyl (C=O) groups is 2. The van der Waals surface area contributed by atoms with Crippen LogP contribution in [-0.2, 0) is 9.59 Å². The molecule has 0 aliphatic heterocycles. The number of hydrogen-bond acceptors (Lipinski definition) is 3. The van der Waals surface area contributed by atoms with E-state index >= 15 is 0 Å². The van der Waals surface area contributed by atoms with Gasteiger partial charge in [0.05, 0.1) is 0 Å². The van der Waals surface area contributed by atoms with Crippen LogP contribution in [0.2, 0.25) is 0 Å². The third-order valence-electron chi connectivity index (χ3n) is 1.41. The van der Waals surface area contributed by atoms with Gasteiger partial charge in [0.25, 0.3) is 0 Å². The first-order chi connectivity index (χ1) is 5.57. The standard InChI is InChI=1S/C7H15N3O2/c1-5(7(9)12)10-6(11)3-2-4-8/h5H,2-4,8H2,1H3,(H2,9,12)(H,10,11). The van der Waals surface area contributed by atoms with E-state index in [0.29, 0.717) is 19.4 Å². The topological polar surface area (TPSA) is 98.2 Å². The maximum Gasteiger partial charge on any atom is 0.239 e. The summed E-state index contributed by atoms with van der Waals surface area (Å²) in [5.74, 6) is -0.720. The molecule has 0 aliphatic carbocycles. The van der Waals surface area contributed by atoms with Crippen molar-refractivity contribution in [3.8, 4) is 0 Å². The van der Waals surface area contributed by atoms with E-state index < -0.39 is 11.9 Å². The number of nitrogens with two attached hydrogens (primary N) is 2. The van der Waals surface area contributed by atoms with Gasteiger partial charge >= 0.3 is 0 Å². The Morgan fingerprint density at radius 3 is 2.50 bits per heavy atom. The lowest BCUT2D eigenvalue weighted by atomic mass is 10.2. The summed E-state index contributed by atoms with van der Waals surface area (Å²) in [6.45, 7) is 2.01. The Bertz CT molecular complexity index is 170. The largest absolute Gasteiger partial charge is 0.368 e. The van der Waals surface area contributed by atoms with Crippen molar-refractivity contribution in [2.75, 3.05) is 6.54 Å². The molecule has 0 fully saturated rings. The van der Waals surface area contributed by atoms with Gasteiger partial charge in [0.1, 0.15) is 6.04 Å². The number of primary amides is 1. The van der Waals surface area contributed by atoms with Gasteiger partial charge in [0.2, 0.25) is 11.8 Å². The summed E-state index contributed by atoms with van der Waals surface area (Å²) < 4.78 is 0. The van der Waals surface area contributed by atoms with E-state index in [-0.39, 0.29) is 5.91 Å². The van der Waals surface area contributed by atoms with E-state index in [4.69, 9.17) is 11.5 Å². The number of nitrogens with one attached hydrogen (secondary N) is 1. The fourth-order valence-electron chi connectivity index (χ4n) is 0.647. The lowest BCUT2D eigenvalue weighted by Crippen LogP contribution is -2.42. The molecule has 5 heteroatoms. The molecule has 0 saturated heterocycles. The molecular formula is C7H15N3O2. The van der Waals surface area contributed by atoms with Crippen LogP contribution in [0.25, 0.3) is 0 Å². The third kappa shape index (κ3) is 4.68. The van der Waals surface area contributed by atoms with Crippen LogP contribution in [0.4, 0.5) is 0 Å². The summed E-state index contributed by atoms with van der Waals surface area (Å²) in [5, 5.41) is 2.45. The quantitative estimate of drug-likeness (QED) is 0.482. The Morgan fingerprint density at radius 1 is 1.50 bits per heavy atom. The van der Waals surface area contributed by atoms with E-state index in [1.54, 1.807) is 6.92 Å². The van der Waals surface area contributed by atoms with Gasteiger partial charge in [0.15, 0.2) is 0 Å². The highest BCUT2D eigenvalue weighted by Crippen LogP contribution is 1.87. The number of rotatable bonds is 5. The van der Waals surface area contributed by atoms with Gasteiger partial charge in [-0.15, -0.1) is 0 Å². The minimum atomic E-state index is -0.602. The van der Waals surface area contributed by atoms with Gasteiger partial charge in [-0.25, -0.2) is 0 Å². The second kappa shape index (κ2) is 5.54. The molecule has 0 spiro atoms. The van der Waals surface area contributed by atoms with E-state index in [0.717, 1.165) is 0 Å². The molecule has 1 unspecified atom stereocenters. The van der Waals surface area contributed by atoms with Crippen molar-refractivity contribution in [3.63, 3.8) is 0 Å². The van der Waals surface area contributed by atoms with Gasteiger partial charge in [-0.05, 0) is 19.9 Å². The molecule has 0 heterocycles. The Labute approximate surface area is 71.5 Å². The molecular weight excluding hydrogens is 158 g/mol. The second-order valence-electron chi connectivity index (χ2n) is 2.58. The molecule has 0 aliphatic rings. The Hall–Kier alpha value is -1.10. The molecule has 12 heavy (non-hydrogen) atoms. The average Bonchev–Trinajstić information content (AvgIpc) is 2.00. The molecule has 70 valence electrons. The molecule has 0 radical (unpaired) electrons. The van der Waals surface area contributed by atoms with Crippen molar-refractivity contribution in [1.29, 1.82) is 0 Å². The fourth-order valence-corrected chi connectivity index (χ4v) is 0.647. The van der Waals surface area contributed by atoms with Crippen LogP contribution < -0.4 is 16.8 Å². The predicted molar refractivity (Wildman–Crippen MR) is 45.1 cm³/mol. The van der Waals surface area contributed by atoms with Crippen molar-refractivity contribution in [3.05, 3.63) is 0 Å². The minimum absolute atomic E-state index is 0.188. The molecule has 0 aromatic carbocycles. The normalized spacial score (nSPS) is 12.2. The first-order valence-corrected chi connectivity index (χ1v) is 3.86. The molecule has 0 rings (SSSR count). The second-order valence-corrected chi connectivity index (χ2v) is 2.58. The molecule has 0 aromatic heterocycles. The van der Waals surface area contributed by atoms with Crippen LogP contribution in [0, 0.1) is 0 Å². The monoisotopic (exact) mass is 173 g/mol. The van der Waals surface area contributed by atoms with Gasteiger partial charge in [-0.3, -0.25) is 9.59 Å². The minimum Gasteiger partial charge on any atom is -0.368 e. The van der Waals surface area contributed by atoms with E-state index in [2.05, 4.69) is 5.32 Å². The van der Waals surface area contributed by atoms with E-state index in [9.17, 15) is 9.59 Å². The highest BCUT2D eigenvalue weighted by atomic mass is 16.2. The zero-order chi connectivity index (χ0) is 9.56. The SMILES string of the molecule is CC(NC(=O)CCCN)C(N)=O. The molecule has 1 atom stereocenters. The summed E-state index contributed by atoms with van der Waals surface area (Å²) in [6.07, 6.45) is 0.964. The van der Waals surface area contributed by atoms with Crippen molar-refractivity contribution >= 4 is 11.8 Å². The van der Waals surface area contributed by atoms with Gasteiger partial charge in [-0.1, -0.05) is 0 Å². The van der Waals surface area contributed by atoms with Crippen LogP contribution in [-0.4, -0.2) is 24.4 Å². The average molecular weight is 173 g/mol.